The van der Waals surface area contributed by atoms with Crippen LogP contribution in [0.4, 0.5) is 10.5 Å². The summed E-state index contributed by atoms with van der Waals surface area (Å²) in [5.74, 6) is -0.567. The van der Waals surface area contributed by atoms with Crippen LogP contribution in [-0.2, 0) is 18.9 Å². The largest absolute Gasteiger partial charge is 0.464 e. The van der Waals surface area contributed by atoms with Crippen LogP contribution in [0, 0.1) is 0 Å². The maximum atomic E-state index is 12.1. The van der Waals surface area contributed by atoms with E-state index in [0.717, 1.165) is 0 Å². The zero-order valence-electron chi connectivity index (χ0n) is 14.5. The number of aromatic nitrogens is 3. The third-order valence-electron chi connectivity index (χ3n) is 4.51. The van der Waals surface area contributed by atoms with E-state index in [0.29, 0.717) is 12.3 Å². The smallest absolute Gasteiger partial charge is 0.412 e. The van der Waals surface area contributed by atoms with Crippen molar-refractivity contribution in [1.82, 2.24) is 15.0 Å². The number of ether oxygens (including phenoxy) is 4. The summed E-state index contributed by atoms with van der Waals surface area (Å²) < 4.78 is 23.1. The second kappa shape index (κ2) is 7.33. The highest BCUT2D eigenvalue weighted by atomic mass is 16.6. The van der Waals surface area contributed by atoms with Gasteiger partial charge in [0.2, 0.25) is 0 Å². The molecule has 2 aliphatic heterocycles. The first kappa shape index (κ1) is 17.4. The molecule has 0 spiro atoms. The van der Waals surface area contributed by atoms with Crippen LogP contribution in [0.15, 0.2) is 36.5 Å². The van der Waals surface area contributed by atoms with Crippen LogP contribution in [0.3, 0.4) is 0 Å². The van der Waals surface area contributed by atoms with Gasteiger partial charge >= 0.3 is 12.1 Å². The van der Waals surface area contributed by atoms with Crippen LogP contribution >= 0.6 is 0 Å². The lowest BCUT2D eigenvalue weighted by Crippen LogP contribution is -2.34. The molecule has 2 saturated heterocycles. The van der Waals surface area contributed by atoms with Crippen molar-refractivity contribution in [2.75, 3.05) is 25.6 Å². The molecule has 4 rings (SSSR count). The molecule has 1 aromatic carbocycles. The topological polar surface area (TPSA) is 114 Å². The number of rotatable bonds is 4. The Morgan fingerprint density at radius 3 is 2.74 bits per heavy atom. The molecular weight excluding hydrogens is 356 g/mol. The predicted molar refractivity (Wildman–Crippen MR) is 90.2 cm³/mol. The number of anilines is 1. The van der Waals surface area contributed by atoms with Crippen molar-refractivity contribution in [1.29, 1.82) is 0 Å². The summed E-state index contributed by atoms with van der Waals surface area (Å²) in [5, 5.41) is 10.4. The van der Waals surface area contributed by atoms with Crippen molar-refractivity contribution in [3.63, 3.8) is 0 Å². The lowest BCUT2D eigenvalue weighted by Gasteiger charge is -2.17. The Morgan fingerprint density at radius 2 is 1.96 bits per heavy atom. The maximum absolute atomic E-state index is 12.1. The second-order valence-electron chi connectivity index (χ2n) is 6.17. The van der Waals surface area contributed by atoms with E-state index in [-0.39, 0.29) is 24.4 Å². The normalized spacial score (nSPS) is 26.4. The van der Waals surface area contributed by atoms with Crippen molar-refractivity contribution < 1.29 is 28.5 Å². The molecule has 2 aromatic rings. The Bertz CT molecular complexity index is 826. The number of nitrogens with one attached hydrogen (secondary N) is 1. The Morgan fingerprint density at radius 1 is 1.19 bits per heavy atom. The SMILES string of the molecule is COC(=O)c1cn(C2COC3C(OC(=O)Nc4ccccc4)COC32)nn1. The van der Waals surface area contributed by atoms with Gasteiger partial charge in [0.1, 0.15) is 18.2 Å². The molecular formula is C17H18N4O6. The van der Waals surface area contributed by atoms with Gasteiger partial charge in [-0.25, -0.2) is 14.3 Å². The number of amides is 1. The zero-order chi connectivity index (χ0) is 18.8. The lowest BCUT2D eigenvalue weighted by molar-refractivity contribution is 0.00770. The molecule has 0 radical (unpaired) electrons. The molecule has 27 heavy (non-hydrogen) atoms. The molecule has 1 amide bonds. The summed E-state index contributed by atoms with van der Waals surface area (Å²) in [6, 6.07) is 8.74. The summed E-state index contributed by atoms with van der Waals surface area (Å²) >= 11 is 0. The fourth-order valence-corrected chi connectivity index (χ4v) is 3.22. The van der Waals surface area contributed by atoms with Crippen LogP contribution in [0.25, 0.3) is 0 Å². The molecule has 4 atom stereocenters. The summed E-state index contributed by atoms with van der Waals surface area (Å²) in [6.07, 6.45) is -0.389. The molecule has 2 fully saturated rings. The summed E-state index contributed by atoms with van der Waals surface area (Å²) in [4.78, 5) is 23.6. The highest BCUT2D eigenvalue weighted by Crippen LogP contribution is 2.35. The first-order valence-corrected chi connectivity index (χ1v) is 8.42. The Hall–Kier alpha value is -2.98. The minimum absolute atomic E-state index is 0.106. The van der Waals surface area contributed by atoms with E-state index in [4.69, 9.17) is 14.2 Å². The number of carbonyl (C=O) groups is 2. The van der Waals surface area contributed by atoms with Crippen LogP contribution in [0.1, 0.15) is 16.5 Å². The average Bonchev–Trinajstić information content (AvgIpc) is 3.39. The predicted octanol–water partition coefficient (Wildman–Crippen LogP) is 1.02. The zero-order valence-corrected chi connectivity index (χ0v) is 14.5. The molecule has 10 nitrogen and oxygen atoms in total. The molecule has 0 bridgehead atoms. The Kier molecular flexibility index (Phi) is 4.73. The number of hydrogen-bond acceptors (Lipinski definition) is 8. The van der Waals surface area contributed by atoms with Crippen molar-refractivity contribution in [3.8, 4) is 0 Å². The summed E-state index contributed by atoms with van der Waals surface area (Å²) in [7, 11) is 1.28. The highest BCUT2D eigenvalue weighted by Gasteiger charge is 2.50. The number of benzene rings is 1. The molecule has 4 unspecified atom stereocenters. The monoisotopic (exact) mass is 374 g/mol. The number of hydrogen-bond donors (Lipinski definition) is 1. The summed E-state index contributed by atoms with van der Waals surface area (Å²) in [5.41, 5.74) is 0.745. The first-order valence-electron chi connectivity index (χ1n) is 8.42. The maximum Gasteiger partial charge on any atom is 0.412 e. The Labute approximate surface area is 154 Å². The molecule has 1 N–H and O–H groups in total. The Balaban J connectivity index is 1.38. The van der Waals surface area contributed by atoms with Crippen LogP contribution in [0.2, 0.25) is 0 Å². The van der Waals surface area contributed by atoms with Crippen molar-refractivity contribution >= 4 is 17.7 Å². The fraction of sp³-hybridized carbons (Fsp3) is 0.412. The molecule has 0 saturated carbocycles. The molecule has 2 aliphatic rings. The average molecular weight is 374 g/mol. The van der Waals surface area contributed by atoms with E-state index in [1.54, 1.807) is 12.1 Å². The van der Waals surface area contributed by atoms with Crippen molar-refractivity contribution in [2.24, 2.45) is 0 Å². The van der Waals surface area contributed by atoms with Gasteiger partial charge in [-0.2, -0.15) is 0 Å². The second-order valence-corrected chi connectivity index (χ2v) is 6.17. The van der Waals surface area contributed by atoms with Gasteiger partial charge in [-0.3, -0.25) is 5.32 Å². The molecule has 0 aliphatic carbocycles. The van der Waals surface area contributed by atoms with Gasteiger partial charge in [-0.1, -0.05) is 23.4 Å². The highest BCUT2D eigenvalue weighted by molar-refractivity contribution is 5.86. The third-order valence-corrected chi connectivity index (χ3v) is 4.51. The summed E-state index contributed by atoms with van der Waals surface area (Å²) in [6.45, 7) is 0.520. The van der Waals surface area contributed by atoms with Gasteiger partial charge in [0.15, 0.2) is 11.8 Å². The molecule has 3 heterocycles. The molecule has 1 aromatic heterocycles. The van der Waals surface area contributed by atoms with Gasteiger partial charge in [-0.15, -0.1) is 5.10 Å². The first-order chi connectivity index (χ1) is 13.2. The van der Waals surface area contributed by atoms with Crippen LogP contribution in [-0.4, -0.2) is 65.7 Å². The van der Waals surface area contributed by atoms with Crippen molar-refractivity contribution in [3.05, 3.63) is 42.2 Å². The van der Waals surface area contributed by atoms with Gasteiger partial charge in [-0.05, 0) is 12.1 Å². The van der Waals surface area contributed by atoms with E-state index in [1.807, 2.05) is 18.2 Å². The number of methoxy groups -OCH3 is 1. The van der Waals surface area contributed by atoms with E-state index in [9.17, 15) is 9.59 Å². The quantitative estimate of drug-likeness (QED) is 0.789. The van der Waals surface area contributed by atoms with Gasteiger partial charge < -0.3 is 18.9 Å². The number of fused-ring (bicyclic) bond motifs is 1. The van der Waals surface area contributed by atoms with Crippen LogP contribution in [0.5, 0.6) is 0 Å². The number of esters is 1. The van der Waals surface area contributed by atoms with Gasteiger partial charge in [0, 0.05) is 5.69 Å². The van der Waals surface area contributed by atoms with Crippen molar-refractivity contribution in [2.45, 2.75) is 24.4 Å². The lowest BCUT2D eigenvalue weighted by atomic mass is 10.1. The number of carbonyl (C=O) groups excluding carboxylic acids is 2. The van der Waals surface area contributed by atoms with Crippen LogP contribution < -0.4 is 5.32 Å². The fourth-order valence-electron chi connectivity index (χ4n) is 3.22. The van der Waals surface area contributed by atoms with E-state index < -0.39 is 24.3 Å². The van der Waals surface area contributed by atoms with E-state index >= 15 is 0 Å². The molecule has 10 heteroatoms. The minimum atomic E-state index is -0.573. The minimum Gasteiger partial charge on any atom is -0.464 e. The van der Waals surface area contributed by atoms with E-state index in [2.05, 4.69) is 20.4 Å². The standard InChI is InChI=1S/C17H18N4O6/c1-24-16(22)11-7-21(20-19-11)12-8-25-15-13(9-26-14(12)15)27-17(23)18-10-5-3-2-4-6-10/h2-7,12-15H,8-9H2,1H3,(H,18,23). The van der Waals surface area contributed by atoms with Gasteiger partial charge in [0.05, 0.1) is 26.5 Å². The molecule has 142 valence electrons. The number of para-hydroxylation sites is 1. The van der Waals surface area contributed by atoms with Gasteiger partial charge in [0.25, 0.3) is 0 Å². The van der Waals surface area contributed by atoms with E-state index in [1.165, 1.54) is 18.0 Å². The third kappa shape index (κ3) is 3.49. The number of nitrogens with zero attached hydrogens (tertiary/aromatic N) is 3.